The van der Waals surface area contributed by atoms with E-state index in [1.54, 1.807) is 6.92 Å². The van der Waals surface area contributed by atoms with Crippen LogP contribution < -0.4 is 5.32 Å². The Kier molecular flexibility index (Phi) is 5.27. The van der Waals surface area contributed by atoms with Crippen LogP contribution in [-0.2, 0) is 11.0 Å². The Bertz CT molecular complexity index is 640. The Balaban J connectivity index is 1.56. The van der Waals surface area contributed by atoms with E-state index < -0.39 is 17.1 Å². The highest BCUT2D eigenvalue weighted by atomic mass is 32.2. The molecule has 2 saturated carbocycles. The molecule has 0 saturated heterocycles. The number of hydrogen-bond acceptors (Lipinski definition) is 4. The number of hydrogen-bond donors (Lipinski definition) is 1. The lowest BCUT2D eigenvalue weighted by molar-refractivity contribution is -0.141. The predicted molar refractivity (Wildman–Crippen MR) is 88.9 cm³/mol. The Labute approximate surface area is 149 Å². The van der Waals surface area contributed by atoms with Gasteiger partial charge in [-0.2, -0.15) is 13.2 Å². The van der Waals surface area contributed by atoms with Gasteiger partial charge in [0.05, 0.1) is 5.25 Å². The monoisotopic (exact) mass is 373 g/mol. The second kappa shape index (κ2) is 7.13. The summed E-state index contributed by atoms with van der Waals surface area (Å²) in [5, 5.41) is 2.45. The number of nitrogens with zero attached hydrogens (tertiary/aromatic N) is 2. The molecule has 2 fully saturated rings. The number of carbonyl (C=O) groups is 1. The van der Waals surface area contributed by atoms with Gasteiger partial charge in [-0.15, -0.1) is 0 Å². The minimum Gasteiger partial charge on any atom is -0.352 e. The van der Waals surface area contributed by atoms with Gasteiger partial charge in [0.1, 0.15) is 5.69 Å². The van der Waals surface area contributed by atoms with Gasteiger partial charge in [-0.05, 0) is 56.9 Å². The smallest absolute Gasteiger partial charge is 0.352 e. The molecule has 1 aromatic rings. The van der Waals surface area contributed by atoms with Crippen LogP contribution in [0.1, 0.15) is 45.2 Å². The Morgan fingerprint density at radius 2 is 2.08 bits per heavy atom. The fraction of sp³-hybridized carbons (Fsp3) is 0.706. The SMILES string of the molecule is CC(Sc1nccc(C(F)(F)F)n1)C(=O)NC(C)C1CC2CCC1C2. The fourth-order valence-electron chi connectivity index (χ4n) is 4.12. The summed E-state index contributed by atoms with van der Waals surface area (Å²) in [4.78, 5) is 19.7. The molecule has 3 rings (SSSR count). The van der Waals surface area contributed by atoms with E-state index in [9.17, 15) is 18.0 Å². The zero-order valence-corrected chi connectivity index (χ0v) is 15.0. The number of amides is 1. The third kappa shape index (κ3) is 4.27. The molecule has 1 aromatic heterocycles. The van der Waals surface area contributed by atoms with Crippen molar-refractivity contribution in [3.63, 3.8) is 0 Å². The zero-order valence-electron chi connectivity index (χ0n) is 14.2. The Morgan fingerprint density at radius 3 is 2.68 bits per heavy atom. The third-order valence-electron chi connectivity index (χ3n) is 5.38. The third-order valence-corrected chi connectivity index (χ3v) is 6.36. The lowest BCUT2D eigenvalue weighted by Gasteiger charge is -2.29. The quantitative estimate of drug-likeness (QED) is 0.628. The first kappa shape index (κ1) is 18.5. The van der Waals surface area contributed by atoms with Crippen molar-refractivity contribution in [2.75, 3.05) is 0 Å². The summed E-state index contributed by atoms with van der Waals surface area (Å²) >= 11 is 0.948. The van der Waals surface area contributed by atoms with Crippen LogP contribution in [0.5, 0.6) is 0 Å². The summed E-state index contributed by atoms with van der Waals surface area (Å²) in [6, 6.07) is 0.916. The summed E-state index contributed by atoms with van der Waals surface area (Å²) in [6.07, 6.45) is 1.55. The molecule has 1 N–H and O–H groups in total. The Morgan fingerprint density at radius 1 is 1.32 bits per heavy atom. The van der Waals surface area contributed by atoms with Crippen LogP contribution in [0.25, 0.3) is 0 Å². The fourth-order valence-corrected chi connectivity index (χ4v) is 4.89. The highest BCUT2D eigenvalue weighted by Crippen LogP contribution is 2.49. The molecule has 2 bridgehead atoms. The molecular formula is C17H22F3N3OS. The Hall–Kier alpha value is -1.31. The number of nitrogens with one attached hydrogen (secondary N) is 1. The van der Waals surface area contributed by atoms with Crippen molar-refractivity contribution in [1.29, 1.82) is 0 Å². The van der Waals surface area contributed by atoms with E-state index in [1.165, 1.54) is 25.7 Å². The number of alkyl halides is 3. The van der Waals surface area contributed by atoms with E-state index in [1.807, 2.05) is 6.92 Å². The second-order valence-electron chi connectivity index (χ2n) is 7.12. The molecule has 4 nitrogen and oxygen atoms in total. The van der Waals surface area contributed by atoms with E-state index in [-0.39, 0.29) is 17.1 Å². The van der Waals surface area contributed by atoms with Crippen molar-refractivity contribution in [3.8, 4) is 0 Å². The maximum absolute atomic E-state index is 12.7. The van der Waals surface area contributed by atoms with E-state index in [2.05, 4.69) is 15.3 Å². The number of aromatic nitrogens is 2. The molecule has 138 valence electrons. The summed E-state index contributed by atoms with van der Waals surface area (Å²) in [5.41, 5.74) is -0.993. The molecule has 0 spiro atoms. The predicted octanol–water partition coefficient (Wildman–Crippen LogP) is 3.92. The van der Waals surface area contributed by atoms with Gasteiger partial charge < -0.3 is 5.32 Å². The van der Waals surface area contributed by atoms with Gasteiger partial charge in [-0.3, -0.25) is 4.79 Å². The van der Waals surface area contributed by atoms with Crippen LogP contribution in [-0.4, -0.2) is 27.2 Å². The van der Waals surface area contributed by atoms with Crippen LogP contribution in [0.4, 0.5) is 13.2 Å². The van der Waals surface area contributed by atoms with Crippen LogP contribution >= 0.6 is 11.8 Å². The van der Waals surface area contributed by atoms with Crippen molar-refractivity contribution in [3.05, 3.63) is 18.0 Å². The van der Waals surface area contributed by atoms with Gasteiger partial charge in [0.15, 0.2) is 5.16 Å². The molecule has 5 unspecified atom stereocenters. The molecule has 1 heterocycles. The highest BCUT2D eigenvalue weighted by molar-refractivity contribution is 8.00. The van der Waals surface area contributed by atoms with Crippen LogP contribution in [0.15, 0.2) is 17.4 Å². The van der Waals surface area contributed by atoms with Gasteiger partial charge in [-0.25, -0.2) is 9.97 Å². The molecule has 2 aliphatic rings. The van der Waals surface area contributed by atoms with Gasteiger partial charge in [-0.1, -0.05) is 18.2 Å². The molecule has 5 atom stereocenters. The molecular weight excluding hydrogens is 351 g/mol. The van der Waals surface area contributed by atoms with Gasteiger partial charge >= 0.3 is 6.18 Å². The normalized spacial score (nSPS) is 28.0. The number of rotatable bonds is 5. The maximum Gasteiger partial charge on any atom is 0.433 e. The molecule has 25 heavy (non-hydrogen) atoms. The zero-order chi connectivity index (χ0) is 18.2. The van der Waals surface area contributed by atoms with Crippen molar-refractivity contribution >= 4 is 17.7 Å². The van der Waals surface area contributed by atoms with Crippen molar-refractivity contribution < 1.29 is 18.0 Å². The molecule has 0 aliphatic heterocycles. The second-order valence-corrected chi connectivity index (χ2v) is 8.43. The largest absolute Gasteiger partial charge is 0.433 e. The average molecular weight is 373 g/mol. The molecule has 1 amide bonds. The van der Waals surface area contributed by atoms with Gasteiger partial charge in [0.2, 0.25) is 5.91 Å². The minimum atomic E-state index is -4.51. The van der Waals surface area contributed by atoms with Crippen molar-refractivity contribution in [1.82, 2.24) is 15.3 Å². The van der Waals surface area contributed by atoms with E-state index in [0.29, 0.717) is 11.8 Å². The molecule has 2 aliphatic carbocycles. The first-order valence-corrected chi connectivity index (χ1v) is 9.49. The van der Waals surface area contributed by atoms with E-state index in [0.717, 1.165) is 29.9 Å². The number of halogens is 3. The molecule has 8 heteroatoms. The van der Waals surface area contributed by atoms with Crippen molar-refractivity contribution in [2.45, 2.75) is 62.2 Å². The summed E-state index contributed by atoms with van der Waals surface area (Å²) in [5.74, 6) is 1.85. The summed E-state index contributed by atoms with van der Waals surface area (Å²) in [7, 11) is 0. The highest BCUT2D eigenvalue weighted by Gasteiger charge is 2.42. The lowest BCUT2D eigenvalue weighted by atomic mass is 9.84. The lowest BCUT2D eigenvalue weighted by Crippen LogP contribution is -2.43. The van der Waals surface area contributed by atoms with Crippen molar-refractivity contribution in [2.24, 2.45) is 17.8 Å². The molecule has 0 aromatic carbocycles. The van der Waals surface area contributed by atoms with E-state index >= 15 is 0 Å². The topological polar surface area (TPSA) is 54.9 Å². The average Bonchev–Trinajstić information content (AvgIpc) is 3.17. The van der Waals surface area contributed by atoms with E-state index in [4.69, 9.17) is 0 Å². The van der Waals surface area contributed by atoms with Gasteiger partial charge in [0.25, 0.3) is 0 Å². The maximum atomic E-state index is 12.7. The number of fused-ring (bicyclic) bond motifs is 2. The number of thioether (sulfide) groups is 1. The molecule has 0 radical (unpaired) electrons. The first-order chi connectivity index (χ1) is 11.7. The van der Waals surface area contributed by atoms with Crippen LogP contribution in [0.3, 0.4) is 0 Å². The summed E-state index contributed by atoms with van der Waals surface area (Å²) in [6.45, 7) is 3.69. The van der Waals surface area contributed by atoms with Gasteiger partial charge in [0, 0.05) is 12.2 Å². The standard InChI is InChI=1S/C17H22F3N3OS/c1-9(13-8-11-3-4-12(13)7-11)22-15(24)10(2)25-16-21-6-5-14(23-16)17(18,19)20/h5-6,9-13H,3-4,7-8H2,1-2H3,(H,22,24). The van der Waals surface area contributed by atoms with Crippen LogP contribution in [0, 0.1) is 17.8 Å². The number of carbonyl (C=O) groups excluding carboxylic acids is 1. The van der Waals surface area contributed by atoms with Crippen LogP contribution in [0.2, 0.25) is 0 Å². The summed E-state index contributed by atoms with van der Waals surface area (Å²) < 4.78 is 38.1. The minimum absolute atomic E-state index is 0.0370. The first-order valence-electron chi connectivity index (χ1n) is 8.61.